The van der Waals surface area contributed by atoms with Crippen LogP contribution in [0.3, 0.4) is 0 Å². The molecule has 0 aliphatic carbocycles. The van der Waals surface area contributed by atoms with Gasteiger partial charge in [-0.25, -0.2) is 0 Å². The number of nitrogens with zero attached hydrogens (tertiary/aromatic N) is 1. The monoisotopic (exact) mass is 190 g/mol. The Bertz CT molecular complexity index is 290. The molecule has 1 N–H and O–H groups in total. The molecule has 1 aliphatic heterocycles. The van der Waals surface area contributed by atoms with Gasteiger partial charge in [-0.1, -0.05) is 6.92 Å². The molecule has 1 fully saturated rings. The fraction of sp³-hybridized carbons (Fsp3) is 0.583. The first-order valence-corrected chi connectivity index (χ1v) is 5.55. The van der Waals surface area contributed by atoms with Crippen molar-refractivity contribution < 1.29 is 0 Å². The van der Waals surface area contributed by atoms with Crippen molar-refractivity contribution in [3.63, 3.8) is 0 Å². The summed E-state index contributed by atoms with van der Waals surface area (Å²) < 4.78 is 0. The van der Waals surface area contributed by atoms with Gasteiger partial charge in [0.2, 0.25) is 0 Å². The lowest BCUT2D eigenvalue weighted by atomic mass is 9.89. The summed E-state index contributed by atoms with van der Waals surface area (Å²) in [4.78, 5) is 4.24. The lowest BCUT2D eigenvalue weighted by molar-refractivity contribution is 0.459. The highest BCUT2D eigenvalue weighted by atomic mass is 14.9. The molecule has 1 aromatic heterocycles. The van der Waals surface area contributed by atoms with Gasteiger partial charge in [-0.2, -0.15) is 0 Å². The summed E-state index contributed by atoms with van der Waals surface area (Å²) in [5.74, 6) is 0.687. The van der Waals surface area contributed by atoms with Crippen LogP contribution in [0.1, 0.15) is 36.8 Å². The van der Waals surface area contributed by atoms with Crippen LogP contribution >= 0.6 is 0 Å². The van der Waals surface area contributed by atoms with Crippen molar-refractivity contribution in [2.24, 2.45) is 0 Å². The predicted molar refractivity (Wildman–Crippen MR) is 58.5 cm³/mol. The predicted octanol–water partition coefficient (Wildman–Crippen LogP) is 2.11. The molecular weight excluding hydrogens is 172 g/mol. The van der Waals surface area contributed by atoms with E-state index in [4.69, 9.17) is 0 Å². The Labute approximate surface area is 85.7 Å². The SMILES string of the molecule is CCc1ccncc1C1CCCNC1. The fourth-order valence-electron chi connectivity index (χ4n) is 2.24. The molecule has 1 saturated heterocycles. The second-order valence-corrected chi connectivity index (χ2v) is 3.97. The van der Waals surface area contributed by atoms with Gasteiger partial charge in [0.05, 0.1) is 0 Å². The van der Waals surface area contributed by atoms with Crippen molar-refractivity contribution in [2.45, 2.75) is 32.1 Å². The Morgan fingerprint density at radius 3 is 3.21 bits per heavy atom. The summed E-state index contributed by atoms with van der Waals surface area (Å²) in [6.07, 6.45) is 7.68. The van der Waals surface area contributed by atoms with E-state index in [-0.39, 0.29) is 0 Å². The first kappa shape index (κ1) is 9.66. The van der Waals surface area contributed by atoms with E-state index in [1.54, 1.807) is 0 Å². The Morgan fingerprint density at radius 2 is 2.50 bits per heavy atom. The van der Waals surface area contributed by atoms with Gasteiger partial charge in [-0.3, -0.25) is 4.98 Å². The van der Waals surface area contributed by atoms with Crippen LogP contribution in [0.5, 0.6) is 0 Å². The van der Waals surface area contributed by atoms with E-state index in [0.717, 1.165) is 13.0 Å². The van der Waals surface area contributed by atoms with Gasteiger partial charge in [-0.05, 0) is 48.9 Å². The number of aromatic nitrogens is 1. The van der Waals surface area contributed by atoms with Crippen LogP contribution in [0.15, 0.2) is 18.5 Å². The zero-order chi connectivity index (χ0) is 9.80. The van der Waals surface area contributed by atoms with E-state index in [1.807, 2.05) is 6.20 Å². The number of aryl methyl sites for hydroxylation is 1. The molecule has 0 aromatic carbocycles. The quantitative estimate of drug-likeness (QED) is 0.772. The Hall–Kier alpha value is -0.890. The molecule has 1 aliphatic rings. The van der Waals surface area contributed by atoms with E-state index in [1.165, 1.54) is 30.5 Å². The minimum Gasteiger partial charge on any atom is -0.316 e. The van der Waals surface area contributed by atoms with Gasteiger partial charge >= 0.3 is 0 Å². The Morgan fingerprint density at radius 1 is 1.57 bits per heavy atom. The minimum atomic E-state index is 0.687. The van der Waals surface area contributed by atoms with Gasteiger partial charge < -0.3 is 5.32 Å². The molecule has 0 radical (unpaired) electrons. The summed E-state index contributed by atoms with van der Waals surface area (Å²) >= 11 is 0. The highest BCUT2D eigenvalue weighted by molar-refractivity contribution is 5.27. The topological polar surface area (TPSA) is 24.9 Å². The van der Waals surface area contributed by atoms with E-state index < -0.39 is 0 Å². The number of piperidine rings is 1. The molecule has 1 atom stereocenters. The Balaban J connectivity index is 2.20. The Kier molecular flexibility index (Phi) is 3.14. The van der Waals surface area contributed by atoms with Gasteiger partial charge in [0, 0.05) is 18.9 Å². The van der Waals surface area contributed by atoms with Crippen LogP contribution in [-0.4, -0.2) is 18.1 Å². The first-order chi connectivity index (χ1) is 6.92. The average Bonchev–Trinajstić information content (AvgIpc) is 2.30. The first-order valence-electron chi connectivity index (χ1n) is 5.55. The lowest BCUT2D eigenvalue weighted by Crippen LogP contribution is -2.28. The van der Waals surface area contributed by atoms with Crippen LogP contribution in [0.25, 0.3) is 0 Å². The molecule has 0 bridgehead atoms. The maximum absolute atomic E-state index is 4.24. The second kappa shape index (κ2) is 4.56. The van der Waals surface area contributed by atoms with Gasteiger partial charge in [0.1, 0.15) is 0 Å². The molecule has 2 heteroatoms. The highest BCUT2D eigenvalue weighted by Crippen LogP contribution is 2.25. The van der Waals surface area contributed by atoms with Crippen molar-refractivity contribution in [1.82, 2.24) is 10.3 Å². The molecule has 0 saturated carbocycles. The molecular formula is C12H18N2. The number of hydrogen-bond donors (Lipinski definition) is 1. The third-order valence-electron chi connectivity index (χ3n) is 3.06. The van der Waals surface area contributed by atoms with Crippen molar-refractivity contribution >= 4 is 0 Å². The number of nitrogens with one attached hydrogen (secondary N) is 1. The van der Waals surface area contributed by atoms with Crippen LogP contribution in [0, 0.1) is 0 Å². The lowest BCUT2D eigenvalue weighted by Gasteiger charge is -2.24. The standard InChI is InChI=1S/C12H18N2/c1-2-10-5-7-14-9-12(10)11-4-3-6-13-8-11/h5,7,9,11,13H,2-4,6,8H2,1H3. The van der Waals surface area contributed by atoms with Crippen LogP contribution in [0.4, 0.5) is 0 Å². The average molecular weight is 190 g/mol. The summed E-state index contributed by atoms with van der Waals surface area (Å²) in [5.41, 5.74) is 2.93. The minimum absolute atomic E-state index is 0.687. The zero-order valence-electron chi connectivity index (χ0n) is 8.79. The van der Waals surface area contributed by atoms with E-state index in [9.17, 15) is 0 Å². The molecule has 0 amide bonds. The highest BCUT2D eigenvalue weighted by Gasteiger charge is 2.17. The third kappa shape index (κ3) is 1.95. The molecule has 0 spiro atoms. The summed E-state index contributed by atoms with van der Waals surface area (Å²) in [7, 11) is 0. The molecule has 76 valence electrons. The molecule has 14 heavy (non-hydrogen) atoms. The van der Waals surface area contributed by atoms with Crippen molar-refractivity contribution in [3.05, 3.63) is 29.6 Å². The van der Waals surface area contributed by atoms with Gasteiger partial charge in [-0.15, -0.1) is 0 Å². The molecule has 2 nitrogen and oxygen atoms in total. The second-order valence-electron chi connectivity index (χ2n) is 3.97. The molecule has 2 heterocycles. The van der Waals surface area contributed by atoms with Crippen molar-refractivity contribution in [2.75, 3.05) is 13.1 Å². The van der Waals surface area contributed by atoms with Crippen LogP contribution in [-0.2, 0) is 6.42 Å². The van der Waals surface area contributed by atoms with Crippen LogP contribution in [0.2, 0.25) is 0 Å². The number of rotatable bonds is 2. The van der Waals surface area contributed by atoms with E-state index in [0.29, 0.717) is 5.92 Å². The molecule has 1 aromatic rings. The van der Waals surface area contributed by atoms with Gasteiger partial charge in [0.15, 0.2) is 0 Å². The smallest absolute Gasteiger partial charge is 0.0305 e. The van der Waals surface area contributed by atoms with Crippen molar-refractivity contribution in [3.8, 4) is 0 Å². The largest absolute Gasteiger partial charge is 0.316 e. The van der Waals surface area contributed by atoms with E-state index >= 15 is 0 Å². The molecule has 1 unspecified atom stereocenters. The summed E-state index contributed by atoms with van der Waals surface area (Å²) in [6.45, 7) is 4.52. The normalized spacial score (nSPS) is 22.2. The third-order valence-corrected chi connectivity index (χ3v) is 3.06. The number of pyridine rings is 1. The summed E-state index contributed by atoms with van der Waals surface area (Å²) in [5, 5.41) is 3.46. The maximum atomic E-state index is 4.24. The summed E-state index contributed by atoms with van der Waals surface area (Å²) in [6, 6.07) is 2.16. The fourth-order valence-corrected chi connectivity index (χ4v) is 2.24. The van der Waals surface area contributed by atoms with Crippen molar-refractivity contribution in [1.29, 1.82) is 0 Å². The zero-order valence-corrected chi connectivity index (χ0v) is 8.79. The van der Waals surface area contributed by atoms with Gasteiger partial charge in [0.25, 0.3) is 0 Å². The number of hydrogen-bond acceptors (Lipinski definition) is 2. The van der Waals surface area contributed by atoms with E-state index in [2.05, 4.69) is 29.5 Å². The van der Waals surface area contributed by atoms with Crippen LogP contribution < -0.4 is 5.32 Å². The maximum Gasteiger partial charge on any atom is 0.0305 e. The molecule has 2 rings (SSSR count).